The first-order valence-electron chi connectivity index (χ1n) is 10.8. The van der Waals surface area contributed by atoms with Crippen molar-refractivity contribution in [3.63, 3.8) is 0 Å². The second-order valence-electron chi connectivity index (χ2n) is 8.10. The van der Waals surface area contributed by atoms with E-state index >= 15 is 0 Å². The maximum absolute atomic E-state index is 12.7. The summed E-state index contributed by atoms with van der Waals surface area (Å²) in [5.74, 6) is 0.503. The van der Waals surface area contributed by atoms with Crippen molar-refractivity contribution in [2.45, 2.75) is 26.4 Å². The van der Waals surface area contributed by atoms with Crippen LogP contribution in [0.5, 0.6) is 0 Å². The molecular formula is C24H25N7OS. The van der Waals surface area contributed by atoms with E-state index in [1.165, 1.54) is 10.4 Å². The number of benzene rings is 1. The highest BCUT2D eigenvalue weighted by atomic mass is 32.1. The van der Waals surface area contributed by atoms with Crippen molar-refractivity contribution in [3.8, 4) is 11.3 Å². The van der Waals surface area contributed by atoms with E-state index in [0.29, 0.717) is 12.5 Å². The van der Waals surface area contributed by atoms with Gasteiger partial charge in [0, 0.05) is 49.5 Å². The molecule has 0 spiro atoms. The van der Waals surface area contributed by atoms with Crippen molar-refractivity contribution < 1.29 is 4.79 Å². The zero-order valence-corrected chi connectivity index (χ0v) is 19.4. The van der Waals surface area contributed by atoms with Crippen LogP contribution in [0.3, 0.4) is 0 Å². The van der Waals surface area contributed by atoms with Crippen molar-refractivity contribution in [1.82, 2.24) is 30.4 Å². The monoisotopic (exact) mass is 459 g/mol. The Bertz CT molecular complexity index is 1290. The molecule has 0 saturated carbocycles. The summed E-state index contributed by atoms with van der Waals surface area (Å²) in [6, 6.07) is 10.1. The van der Waals surface area contributed by atoms with Crippen molar-refractivity contribution >= 4 is 28.9 Å². The molecule has 1 amide bonds. The molecule has 1 aromatic carbocycles. The molecule has 4 heterocycles. The molecule has 0 fully saturated rings. The number of nitrogens with zero attached hydrogens (tertiary/aromatic N) is 4. The second-order valence-corrected chi connectivity index (χ2v) is 9.24. The number of aryl methyl sites for hydroxylation is 2. The van der Waals surface area contributed by atoms with Gasteiger partial charge in [-0.05, 0) is 48.2 Å². The molecule has 0 bridgehead atoms. The Morgan fingerprint density at radius 2 is 2.18 bits per heavy atom. The number of hydrogen-bond donors (Lipinski definition) is 3. The summed E-state index contributed by atoms with van der Waals surface area (Å²) in [5, 5.41) is 13.7. The van der Waals surface area contributed by atoms with Crippen LogP contribution < -0.4 is 16.0 Å². The third-order valence-corrected chi connectivity index (χ3v) is 6.89. The Morgan fingerprint density at radius 1 is 1.27 bits per heavy atom. The van der Waals surface area contributed by atoms with Crippen molar-refractivity contribution in [2.75, 3.05) is 11.9 Å². The smallest absolute Gasteiger partial charge is 0.261 e. The van der Waals surface area contributed by atoms with Gasteiger partial charge in [0.2, 0.25) is 5.95 Å². The highest BCUT2D eigenvalue weighted by molar-refractivity contribution is 7.14. The summed E-state index contributed by atoms with van der Waals surface area (Å²) in [6.45, 7) is 4.37. The van der Waals surface area contributed by atoms with Crippen LogP contribution >= 0.6 is 11.3 Å². The second kappa shape index (κ2) is 9.13. The third kappa shape index (κ3) is 4.79. The van der Waals surface area contributed by atoms with Crippen LogP contribution in [-0.4, -0.2) is 32.2 Å². The molecule has 0 radical (unpaired) electrons. The molecule has 1 aliphatic heterocycles. The minimum absolute atomic E-state index is 0.0141. The SMILES string of the molecule is Cc1cc(-c2ccnc(Nc3cnn(C)c3)n2)ccc1CNC(=O)c1cc2c(s1)CCNC2. The van der Waals surface area contributed by atoms with Crippen LogP contribution in [-0.2, 0) is 26.6 Å². The Balaban J connectivity index is 1.26. The Morgan fingerprint density at radius 3 is 2.97 bits per heavy atom. The summed E-state index contributed by atoms with van der Waals surface area (Å²) >= 11 is 1.61. The number of amides is 1. The average molecular weight is 460 g/mol. The molecule has 0 unspecified atom stereocenters. The van der Waals surface area contributed by atoms with E-state index in [-0.39, 0.29) is 5.91 Å². The molecule has 8 nitrogen and oxygen atoms in total. The van der Waals surface area contributed by atoms with Gasteiger partial charge >= 0.3 is 0 Å². The van der Waals surface area contributed by atoms with Gasteiger partial charge in [-0.3, -0.25) is 9.48 Å². The summed E-state index contributed by atoms with van der Waals surface area (Å²) in [5.41, 5.74) is 6.09. The van der Waals surface area contributed by atoms with Crippen molar-refractivity contribution in [1.29, 1.82) is 0 Å². The summed E-state index contributed by atoms with van der Waals surface area (Å²) in [4.78, 5) is 23.7. The maximum atomic E-state index is 12.7. The number of rotatable bonds is 6. The molecule has 9 heteroatoms. The molecule has 0 saturated heterocycles. The molecule has 3 aromatic heterocycles. The highest BCUT2D eigenvalue weighted by Gasteiger charge is 2.17. The fourth-order valence-corrected chi connectivity index (χ4v) is 4.97. The van der Waals surface area contributed by atoms with Gasteiger partial charge in [-0.2, -0.15) is 5.10 Å². The third-order valence-electron chi connectivity index (χ3n) is 5.66. The predicted octanol–water partition coefficient (Wildman–Crippen LogP) is 3.57. The zero-order valence-electron chi connectivity index (χ0n) is 18.6. The van der Waals surface area contributed by atoms with Crippen LogP contribution in [0.15, 0.2) is 48.9 Å². The number of carbonyl (C=O) groups is 1. The molecule has 1 aliphatic rings. The fraction of sp³-hybridized carbons (Fsp3) is 0.250. The molecule has 0 atom stereocenters. The Hall–Kier alpha value is -3.56. The number of fused-ring (bicyclic) bond motifs is 1. The number of thiophene rings is 1. The number of hydrogen-bond acceptors (Lipinski definition) is 7. The molecule has 4 aromatic rings. The molecule has 0 aliphatic carbocycles. The van der Waals surface area contributed by atoms with Crippen LogP contribution in [0, 0.1) is 6.92 Å². The van der Waals surface area contributed by atoms with Gasteiger partial charge < -0.3 is 16.0 Å². The van der Waals surface area contributed by atoms with Crippen LogP contribution in [0.4, 0.5) is 11.6 Å². The van der Waals surface area contributed by atoms with E-state index < -0.39 is 0 Å². The number of anilines is 2. The van der Waals surface area contributed by atoms with Crippen LogP contribution in [0.25, 0.3) is 11.3 Å². The summed E-state index contributed by atoms with van der Waals surface area (Å²) < 4.78 is 1.72. The van der Waals surface area contributed by atoms with Gasteiger partial charge in [-0.1, -0.05) is 12.1 Å². The van der Waals surface area contributed by atoms with E-state index in [1.54, 1.807) is 28.4 Å². The Kier molecular flexibility index (Phi) is 5.89. The standard InChI is InChI=1S/C24H25N7OS/c1-15-9-16(20-5-8-26-24(30-20)29-19-13-28-31(2)14-19)3-4-17(15)12-27-23(32)22-10-18-11-25-7-6-21(18)33-22/h3-5,8-10,13-14,25H,6-7,11-12H2,1-2H3,(H,27,32)(H,26,29,30). The van der Waals surface area contributed by atoms with Crippen LogP contribution in [0.2, 0.25) is 0 Å². The molecule has 33 heavy (non-hydrogen) atoms. The lowest BCUT2D eigenvalue weighted by Gasteiger charge is -2.10. The Labute approximate surface area is 196 Å². The number of nitrogens with one attached hydrogen (secondary N) is 3. The summed E-state index contributed by atoms with van der Waals surface area (Å²) in [7, 11) is 1.86. The van der Waals surface area contributed by atoms with Gasteiger partial charge in [0.05, 0.1) is 22.5 Å². The van der Waals surface area contributed by atoms with E-state index in [4.69, 9.17) is 0 Å². The topological polar surface area (TPSA) is 96.8 Å². The van der Waals surface area contributed by atoms with Gasteiger partial charge in [0.15, 0.2) is 0 Å². The zero-order chi connectivity index (χ0) is 22.8. The first-order chi connectivity index (χ1) is 16.0. The van der Waals surface area contributed by atoms with E-state index in [2.05, 4.69) is 44.0 Å². The average Bonchev–Trinajstić information content (AvgIpc) is 3.44. The predicted molar refractivity (Wildman–Crippen MR) is 130 cm³/mol. The van der Waals surface area contributed by atoms with Crippen LogP contribution in [0.1, 0.15) is 31.2 Å². The first kappa shape index (κ1) is 21.3. The molecule has 168 valence electrons. The fourth-order valence-electron chi connectivity index (χ4n) is 3.88. The normalized spacial score (nSPS) is 12.9. The molecule has 3 N–H and O–H groups in total. The van der Waals surface area contributed by atoms with Crippen molar-refractivity contribution in [3.05, 3.63) is 75.4 Å². The highest BCUT2D eigenvalue weighted by Crippen LogP contribution is 2.26. The van der Waals surface area contributed by atoms with Gasteiger partial charge in [-0.25, -0.2) is 9.97 Å². The maximum Gasteiger partial charge on any atom is 0.261 e. The minimum Gasteiger partial charge on any atom is -0.347 e. The van der Waals surface area contributed by atoms with Crippen molar-refractivity contribution in [2.24, 2.45) is 7.05 Å². The van der Waals surface area contributed by atoms with E-state index in [1.807, 2.05) is 37.5 Å². The lowest BCUT2D eigenvalue weighted by atomic mass is 10.0. The van der Waals surface area contributed by atoms with Gasteiger partial charge in [0.25, 0.3) is 5.91 Å². The van der Waals surface area contributed by atoms with Gasteiger partial charge in [-0.15, -0.1) is 11.3 Å². The van der Waals surface area contributed by atoms with Gasteiger partial charge in [0.1, 0.15) is 0 Å². The van der Waals surface area contributed by atoms with E-state index in [0.717, 1.165) is 52.5 Å². The number of aromatic nitrogens is 4. The quantitative estimate of drug-likeness (QED) is 0.408. The van der Waals surface area contributed by atoms with E-state index in [9.17, 15) is 4.79 Å². The summed E-state index contributed by atoms with van der Waals surface area (Å²) in [6.07, 6.45) is 6.33. The lowest BCUT2D eigenvalue weighted by molar-refractivity contribution is 0.0955. The molecular weight excluding hydrogens is 434 g/mol. The lowest BCUT2D eigenvalue weighted by Crippen LogP contribution is -2.22. The largest absolute Gasteiger partial charge is 0.347 e. The number of carbonyl (C=O) groups excluding carboxylic acids is 1. The first-order valence-corrected chi connectivity index (χ1v) is 11.7. The minimum atomic E-state index is -0.0141. The molecule has 5 rings (SSSR count).